The number of halogens is 2. The lowest BCUT2D eigenvalue weighted by Crippen LogP contribution is -2.39. The van der Waals surface area contributed by atoms with E-state index in [-0.39, 0.29) is 29.6 Å². The molecule has 160 valence electrons. The fraction of sp³-hybridized carbons (Fsp3) is 0.261. The van der Waals surface area contributed by atoms with Crippen molar-refractivity contribution in [2.45, 2.75) is 31.7 Å². The Labute approximate surface area is 184 Å². The number of hydrogen-bond acceptors (Lipinski definition) is 3. The van der Waals surface area contributed by atoms with E-state index in [0.717, 1.165) is 0 Å². The smallest absolute Gasteiger partial charge is 0.253 e. The van der Waals surface area contributed by atoms with Gasteiger partial charge < -0.3 is 10.6 Å². The number of nitrogens with one attached hydrogen (secondary N) is 2. The van der Waals surface area contributed by atoms with E-state index in [1.807, 2.05) is 0 Å². The molecule has 0 spiro atoms. The number of hydrogen-bond donors (Lipinski definition) is 2. The number of anilines is 1. The summed E-state index contributed by atoms with van der Waals surface area (Å²) in [6.45, 7) is 0. The van der Waals surface area contributed by atoms with Gasteiger partial charge in [-0.05, 0) is 49.9 Å². The molecule has 0 bridgehead atoms. The van der Waals surface area contributed by atoms with Crippen molar-refractivity contribution in [1.82, 2.24) is 15.1 Å². The van der Waals surface area contributed by atoms with E-state index in [4.69, 9.17) is 11.6 Å². The van der Waals surface area contributed by atoms with Crippen LogP contribution in [0.2, 0.25) is 5.02 Å². The summed E-state index contributed by atoms with van der Waals surface area (Å²) in [6.07, 6.45) is 4.34. The molecule has 0 saturated heterocycles. The minimum Gasteiger partial charge on any atom is -0.349 e. The van der Waals surface area contributed by atoms with Crippen molar-refractivity contribution >= 4 is 29.2 Å². The Balaban J connectivity index is 1.29. The Morgan fingerprint density at radius 2 is 1.71 bits per heavy atom. The second-order valence-corrected chi connectivity index (χ2v) is 8.00. The van der Waals surface area contributed by atoms with E-state index in [9.17, 15) is 14.0 Å². The van der Waals surface area contributed by atoms with Crippen molar-refractivity contribution in [3.63, 3.8) is 0 Å². The maximum absolute atomic E-state index is 13.9. The highest BCUT2D eigenvalue weighted by Crippen LogP contribution is 2.26. The summed E-state index contributed by atoms with van der Waals surface area (Å²) < 4.78 is 15.3. The Morgan fingerprint density at radius 3 is 2.45 bits per heavy atom. The normalized spacial score (nSPS) is 18.4. The second-order valence-electron chi connectivity index (χ2n) is 7.59. The number of rotatable bonds is 5. The van der Waals surface area contributed by atoms with Crippen LogP contribution in [0.25, 0.3) is 5.69 Å². The van der Waals surface area contributed by atoms with Crippen molar-refractivity contribution in [3.8, 4) is 5.69 Å². The van der Waals surface area contributed by atoms with Crippen LogP contribution in [0.5, 0.6) is 0 Å². The molecule has 0 unspecified atom stereocenters. The molecule has 2 amide bonds. The van der Waals surface area contributed by atoms with Crippen LogP contribution in [0.15, 0.2) is 60.8 Å². The van der Waals surface area contributed by atoms with Crippen LogP contribution in [0.4, 0.5) is 10.2 Å². The zero-order valence-corrected chi connectivity index (χ0v) is 17.5. The molecule has 1 aliphatic rings. The molecule has 1 aromatic heterocycles. The first-order valence-electron chi connectivity index (χ1n) is 10.2. The molecular formula is C23H22ClFN4O2. The molecule has 4 rings (SSSR count). The molecule has 2 N–H and O–H groups in total. The van der Waals surface area contributed by atoms with Gasteiger partial charge in [-0.3, -0.25) is 9.59 Å². The fourth-order valence-corrected chi connectivity index (χ4v) is 4.02. The maximum atomic E-state index is 13.9. The van der Waals surface area contributed by atoms with Crippen molar-refractivity contribution < 1.29 is 14.0 Å². The molecule has 31 heavy (non-hydrogen) atoms. The summed E-state index contributed by atoms with van der Waals surface area (Å²) in [5.41, 5.74) is 0.771. The first kappa shape index (κ1) is 21.1. The average Bonchev–Trinajstić information content (AvgIpc) is 3.23. The lowest BCUT2D eigenvalue weighted by atomic mass is 9.85. The molecular weight excluding hydrogens is 419 g/mol. The van der Waals surface area contributed by atoms with Crippen LogP contribution < -0.4 is 10.6 Å². The van der Waals surface area contributed by atoms with Gasteiger partial charge in [-0.2, -0.15) is 0 Å². The molecule has 8 heteroatoms. The van der Waals surface area contributed by atoms with Gasteiger partial charge in [0.2, 0.25) is 5.91 Å². The summed E-state index contributed by atoms with van der Waals surface area (Å²) in [5, 5.41) is 10.5. The highest BCUT2D eigenvalue weighted by atomic mass is 35.5. The van der Waals surface area contributed by atoms with Gasteiger partial charge >= 0.3 is 0 Å². The molecule has 2 aromatic carbocycles. The topological polar surface area (TPSA) is 76.0 Å². The molecule has 3 aromatic rings. The molecule has 1 heterocycles. The second kappa shape index (κ2) is 9.31. The third-order valence-electron chi connectivity index (χ3n) is 5.49. The Bertz CT molecular complexity index is 1090. The Hall–Kier alpha value is -3.19. The largest absolute Gasteiger partial charge is 0.349 e. The number of carbonyl (C=O) groups excluding carboxylic acids is 2. The fourth-order valence-electron chi connectivity index (χ4n) is 3.80. The van der Waals surface area contributed by atoms with Gasteiger partial charge in [0.1, 0.15) is 11.5 Å². The summed E-state index contributed by atoms with van der Waals surface area (Å²) in [6, 6.07) is 14.9. The van der Waals surface area contributed by atoms with Crippen molar-refractivity contribution in [1.29, 1.82) is 0 Å². The van der Waals surface area contributed by atoms with Crippen molar-refractivity contribution in [2.24, 2.45) is 5.92 Å². The first-order valence-corrected chi connectivity index (χ1v) is 10.6. The average molecular weight is 441 g/mol. The molecule has 1 aliphatic carbocycles. The summed E-state index contributed by atoms with van der Waals surface area (Å²) >= 11 is 6.09. The number of nitrogens with zero attached hydrogens (tertiary/aromatic N) is 2. The maximum Gasteiger partial charge on any atom is 0.253 e. The van der Waals surface area contributed by atoms with Gasteiger partial charge in [0, 0.05) is 24.2 Å². The molecule has 1 saturated carbocycles. The molecule has 0 atom stereocenters. The van der Waals surface area contributed by atoms with E-state index in [1.165, 1.54) is 10.7 Å². The lowest BCUT2D eigenvalue weighted by molar-refractivity contribution is -0.120. The minimum absolute atomic E-state index is 0.00749. The van der Waals surface area contributed by atoms with Crippen LogP contribution in [0.3, 0.4) is 0 Å². The third-order valence-corrected chi connectivity index (χ3v) is 5.82. The van der Waals surface area contributed by atoms with Crippen LogP contribution in [0, 0.1) is 11.7 Å². The van der Waals surface area contributed by atoms with E-state index < -0.39 is 0 Å². The Morgan fingerprint density at radius 1 is 1.00 bits per heavy atom. The van der Waals surface area contributed by atoms with E-state index in [2.05, 4.69) is 15.7 Å². The van der Waals surface area contributed by atoms with Gasteiger partial charge in [0.25, 0.3) is 5.91 Å². The molecule has 6 nitrogen and oxygen atoms in total. The van der Waals surface area contributed by atoms with Gasteiger partial charge in [-0.1, -0.05) is 35.9 Å². The van der Waals surface area contributed by atoms with Gasteiger partial charge in [0.05, 0.1) is 10.6 Å². The van der Waals surface area contributed by atoms with Crippen LogP contribution in [-0.4, -0.2) is 27.6 Å². The van der Waals surface area contributed by atoms with Crippen molar-refractivity contribution in [3.05, 3.63) is 77.2 Å². The minimum atomic E-state index is -0.388. The van der Waals surface area contributed by atoms with Crippen LogP contribution in [0.1, 0.15) is 36.0 Å². The monoisotopic (exact) mass is 440 g/mol. The van der Waals surface area contributed by atoms with Crippen molar-refractivity contribution in [2.75, 3.05) is 5.32 Å². The Kier molecular flexibility index (Phi) is 6.32. The standard InChI is InChI=1S/C23H22ClFN4O2/c24-18-6-2-1-5-17(18)23(31)26-16-11-9-15(10-12-16)22(30)27-21-13-14-29(28-21)20-8-4-3-7-19(20)25/h1-8,13-16H,9-12H2,(H,26,31)(H,27,28,30). The van der Waals surface area contributed by atoms with E-state index >= 15 is 0 Å². The summed E-state index contributed by atoms with van der Waals surface area (Å²) in [7, 11) is 0. The molecule has 0 radical (unpaired) electrons. The zero-order chi connectivity index (χ0) is 21.8. The number of aromatic nitrogens is 2. The van der Waals surface area contributed by atoms with Gasteiger partial charge in [-0.15, -0.1) is 5.10 Å². The number of amides is 2. The lowest BCUT2D eigenvalue weighted by Gasteiger charge is -2.28. The third kappa shape index (κ3) is 4.94. The van der Waals surface area contributed by atoms with Crippen LogP contribution >= 0.6 is 11.6 Å². The number of benzene rings is 2. The zero-order valence-electron chi connectivity index (χ0n) is 16.7. The predicted octanol–water partition coefficient (Wildman–Crippen LogP) is 4.59. The first-order chi connectivity index (χ1) is 15.0. The summed E-state index contributed by atoms with van der Waals surface area (Å²) in [5.74, 6) is -0.484. The summed E-state index contributed by atoms with van der Waals surface area (Å²) in [4.78, 5) is 25.1. The van der Waals surface area contributed by atoms with Gasteiger partial charge in [-0.25, -0.2) is 9.07 Å². The van der Waals surface area contributed by atoms with Crippen LogP contribution in [-0.2, 0) is 4.79 Å². The quantitative estimate of drug-likeness (QED) is 0.609. The molecule has 1 fully saturated rings. The number of carbonyl (C=O) groups is 2. The SMILES string of the molecule is O=C(NC1CCC(C(=O)Nc2ccn(-c3ccccc3F)n2)CC1)c1ccccc1Cl. The number of para-hydroxylation sites is 1. The highest BCUT2D eigenvalue weighted by Gasteiger charge is 2.28. The van der Waals surface area contributed by atoms with E-state index in [1.54, 1.807) is 54.7 Å². The molecule has 0 aliphatic heterocycles. The van der Waals surface area contributed by atoms with E-state index in [0.29, 0.717) is 47.8 Å². The van der Waals surface area contributed by atoms with Gasteiger partial charge in [0.15, 0.2) is 5.82 Å². The predicted molar refractivity (Wildman–Crippen MR) is 117 cm³/mol. The highest BCUT2D eigenvalue weighted by molar-refractivity contribution is 6.33.